The molecule has 4 amide bonds. The van der Waals surface area contributed by atoms with Crippen LogP contribution >= 0.6 is 0 Å². The van der Waals surface area contributed by atoms with E-state index in [1.54, 1.807) is 42.5 Å². The van der Waals surface area contributed by atoms with Crippen LogP contribution in [0.1, 0.15) is 26.3 Å². The van der Waals surface area contributed by atoms with Crippen LogP contribution < -0.4 is 5.32 Å². The number of Topliss-reactive ketones (excluding diaryl/α,β-unsaturated/α-hetero) is 2. The zero-order valence-electron chi connectivity index (χ0n) is 14.0. The van der Waals surface area contributed by atoms with Gasteiger partial charge in [0.05, 0.1) is 6.54 Å². The molecule has 1 aliphatic carbocycles. The van der Waals surface area contributed by atoms with Gasteiger partial charge in [-0.1, -0.05) is 54.6 Å². The first kappa shape index (κ1) is 16.8. The molecule has 1 unspecified atom stereocenters. The first-order chi connectivity index (χ1) is 13.0. The number of amides is 4. The number of urea groups is 1. The summed E-state index contributed by atoms with van der Waals surface area (Å²) in [6.07, 6.45) is 0. The fourth-order valence-electron chi connectivity index (χ4n) is 3.51. The van der Waals surface area contributed by atoms with Gasteiger partial charge in [-0.2, -0.15) is 0 Å². The van der Waals surface area contributed by atoms with Crippen LogP contribution in [0.25, 0.3) is 0 Å². The molecule has 0 spiro atoms. The molecule has 134 valence electrons. The van der Waals surface area contributed by atoms with E-state index in [4.69, 9.17) is 0 Å². The smallest absolute Gasteiger partial charge is 0.293 e. The Balaban J connectivity index is 1.67. The van der Waals surface area contributed by atoms with Gasteiger partial charge in [0.2, 0.25) is 11.8 Å². The minimum Gasteiger partial charge on any atom is -0.293 e. The minimum atomic E-state index is -1.56. The Kier molecular flexibility index (Phi) is 3.92. The molecule has 27 heavy (non-hydrogen) atoms. The standard InChI is InChI=1S/C20H14N2O5/c23-16-12-8-4-5-9-13(12)17(24)14(16)15-18(25)21-20(27)22(19(15)26)10-11-6-2-1-3-7-11/h1-9,14-15H,10H2,(H,21,25,27). The van der Waals surface area contributed by atoms with Crippen LogP contribution in [-0.4, -0.2) is 34.3 Å². The van der Waals surface area contributed by atoms with Crippen LogP contribution in [0, 0.1) is 11.8 Å². The predicted molar refractivity (Wildman–Crippen MR) is 92.6 cm³/mol. The van der Waals surface area contributed by atoms with E-state index in [9.17, 15) is 24.0 Å². The van der Waals surface area contributed by atoms with Gasteiger partial charge in [0.25, 0.3) is 0 Å². The van der Waals surface area contributed by atoms with Crippen LogP contribution in [0.3, 0.4) is 0 Å². The van der Waals surface area contributed by atoms with Crippen molar-refractivity contribution in [2.24, 2.45) is 11.8 Å². The number of rotatable bonds is 3. The highest BCUT2D eigenvalue weighted by Crippen LogP contribution is 2.34. The Bertz CT molecular complexity index is 963. The van der Waals surface area contributed by atoms with E-state index in [0.29, 0.717) is 5.56 Å². The van der Waals surface area contributed by atoms with Gasteiger partial charge in [-0.25, -0.2) is 4.79 Å². The number of nitrogens with zero attached hydrogens (tertiary/aromatic N) is 1. The average Bonchev–Trinajstić information content (AvgIpc) is 2.91. The van der Waals surface area contributed by atoms with Gasteiger partial charge < -0.3 is 0 Å². The summed E-state index contributed by atoms with van der Waals surface area (Å²) in [5.41, 5.74) is 1.07. The molecule has 0 radical (unpaired) electrons. The van der Waals surface area contributed by atoms with Crippen molar-refractivity contribution >= 4 is 29.4 Å². The molecule has 7 nitrogen and oxygen atoms in total. The molecule has 1 aliphatic heterocycles. The van der Waals surface area contributed by atoms with Gasteiger partial charge in [0.1, 0.15) is 11.8 Å². The number of barbiturate groups is 1. The number of fused-ring (bicyclic) bond motifs is 1. The molecule has 1 heterocycles. The molecule has 0 saturated carbocycles. The van der Waals surface area contributed by atoms with E-state index in [-0.39, 0.29) is 17.7 Å². The van der Waals surface area contributed by atoms with Crippen molar-refractivity contribution in [3.05, 3.63) is 71.3 Å². The van der Waals surface area contributed by atoms with Gasteiger partial charge in [0, 0.05) is 11.1 Å². The van der Waals surface area contributed by atoms with Crippen molar-refractivity contribution < 1.29 is 24.0 Å². The molecular weight excluding hydrogens is 348 g/mol. The Labute approximate surface area is 154 Å². The highest BCUT2D eigenvalue weighted by molar-refractivity contribution is 6.31. The number of benzene rings is 2. The number of hydrogen-bond acceptors (Lipinski definition) is 5. The second-order valence-corrected chi connectivity index (χ2v) is 6.43. The summed E-state index contributed by atoms with van der Waals surface area (Å²) in [6.45, 7) is -0.0582. The number of imide groups is 2. The van der Waals surface area contributed by atoms with E-state index in [0.717, 1.165) is 4.90 Å². The SMILES string of the molecule is O=C1NC(=O)N(Cc2ccccc2)C(=O)C1C1C(=O)c2ccccc2C1=O. The summed E-state index contributed by atoms with van der Waals surface area (Å²) < 4.78 is 0. The number of carbonyl (C=O) groups is 5. The maximum atomic E-state index is 12.9. The molecule has 1 saturated heterocycles. The molecule has 7 heteroatoms. The molecule has 1 N–H and O–H groups in total. The zero-order chi connectivity index (χ0) is 19.1. The first-order valence-corrected chi connectivity index (χ1v) is 8.36. The lowest BCUT2D eigenvalue weighted by atomic mass is 9.85. The third-order valence-electron chi connectivity index (χ3n) is 4.83. The summed E-state index contributed by atoms with van der Waals surface area (Å²) in [5.74, 6) is -5.91. The maximum absolute atomic E-state index is 12.9. The van der Waals surface area contributed by atoms with Gasteiger partial charge in [-0.3, -0.25) is 29.4 Å². The third kappa shape index (κ3) is 2.64. The minimum absolute atomic E-state index is 0.0582. The van der Waals surface area contributed by atoms with Crippen molar-refractivity contribution in [2.75, 3.05) is 0 Å². The summed E-state index contributed by atoms with van der Waals surface area (Å²) in [5, 5.41) is 2.10. The lowest BCUT2D eigenvalue weighted by molar-refractivity contribution is -0.144. The summed E-state index contributed by atoms with van der Waals surface area (Å²) in [6, 6.07) is 14.1. The maximum Gasteiger partial charge on any atom is 0.331 e. The Morgan fingerprint density at radius 3 is 1.89 bits per heavy atom. The molecular formula is C20H14N2O5. The van der Waals surface area contributed by atoms with Crippen LogP contribution in [0.4, 0.5) is 4.79 Å². The van der Waals surface area contributed by atoms with Gasteiger partial charge in [0.15, 0.2) is 11.6 Å². The van der Waals surface area contributed by atoms with Crippen molar-refractivity contribution in [1.82, 2.24) is 10.2 Å². The average molecular weight is 362 g/mol. The lowest BCUT2D eigenvalue weighted by Gasteiger charge is -2.31. The third-order valence-corrected chi connectivity index (χ3v) is 4.83. The molecule has 4 rings (SSSR count). The largest absolute Gasteiger partial charge is 0.331 e. The monoisotopic (exact) mass is 362 g/mol. The molecule has 0 bridgehead atoms. The lowest BCUT2D eigenvalue weighted by Crippen LogP contribution is -2.60. The number of hydrogen-bond donors (Lipinski definition) is 1. The molecule has 2 aromatic rings. The quantitative estimate of drug-likeness (QED) is 0.836. The fraction of sp³-hybridized carbons (Fsp3) is 0.150. The van der Waals surface area contributed by atoms with Crippen LogP contribution in [0.5, 0.6) is 0 Å². The predicted octanol–water partition coefficient (Wildman–Crippen LogP) is 1.58. The van der Waals surface area contributed by atoms with Crippen molar-refractivity contribution in [3.63, 3.8) is 0 Å². The second-order valence-electron chi connectivity index (χ2n) is 6.43. The van der Waals surface area contributed by atoms with Crippen LogP contribution in [0.2, 0.25) is 0 Å². The number of carbonyl (C=O) groups excluding carboxylic acids is 5. The van der Waals surface area contributed by atoms with E-state index in [1.807, 2.05) is 0 Å². The molecule has 0 aromatic heterocycles. The van der Waals surface area contributed by atoms with E-state index >= 15 is 0 Å². The Morgan fingerprint density at radius 2 is 1.30 bits per heavy atom. The Morgan fingerprint density at radius 1 is 0.741 bits per heavy atom. The summed E-state index contributed by atoms with van der Waals surface area (Å²) in [4.78, 5) is 63.7. The molecule has 2 aliphatic rings. The van der Waals surface area contributed by atoms with E-state index in [1.165, 1.54) is 12.1 Å². The number of ketones is 2. The Hall–Kier alpha value is -3.61. The molecule has 1 atom stereocenters. The van der Waals surface area contributed by atoms with E-state index < -0.39 is 41.2 Å². The highest BCUT2D eigenvalue weighted by Gasteiger charge is 2.53. The van der Waals surface area contributed by atoms with Gasteiger partial charge in [-0.05, 0) is 5.56 Å². The van der Waals surface area contributed by atoms with Crippen molar-refractivity contribution in [2.45, 2.75) is 6.54 Å². The van der Waals surface area contributed by atoms with Crippen LogP contribution in [0.15, 0.2) is 54.6 Å². The summed E-state index contributed by atoms with van der Waals surface area (Å²) >= 11 is 0. The van der Waals surface area contributed by atoms with Gasteiger partial charge >= 0.3 is 6.03 Å². The summed E-state index contributed by atoms with van der Waals surface area (Å²) in [7, 11) is 0. The molecule has 1 fully saturated rings. The normalized spacial score (nSPS) is 20.1. The molecule has 2 aromatic carbocycles. The zero-order valence-corrected chi connectivity index (χ0v) is 14.0. The number of nitrogens with one attached hydrogen (secondary N) is 1. The van der Waals surface area contributed by atoms with Gasteiger partial charge in [-0.15, -0.1) is 0 Å². The van der Waals surface area contributed by atoms with Crippen molar-refractivity contribution in [3.8, 4) is 0 Å². The highest BCUT2D eigenvalue weighted by atomic mass is 16.2. The van der Waals surface area contributed by atoms with E-state index in [2.05, 4.69) is 5.32 Å². The first-order valence-electron chi connectivity index (χ1n) is 8.36. The topological polar surface area (TPSA) is 101 Å². The van der Waals surface area contributed by atoms with Crippen LogP contribution in [-0.2, 0) is 16.1 Å². The second kappa shape index (κ2) is 6.28. The fourth-order valence-corrected chi connectivity index (χ4v) is 3.51. The van der Waals surface area contributed by atoms with Crippen molar-refractivity contribution in [1.29, 1.82) is 0 Å².